The molecule has 1 fully saturated rings. The average Bonchev–Trinajstić information content (AvgIpc) is 3.61. The maximum Gasteiger partial charge on any atom is 0.481 e. The van der Waals surface area contributed by atoms with Crippen molar-refractivity contribution < 1.29 is 71.4 Å². The van der Waals surface area contributed by atoms with Gasteiger partial charge in [-0.25, -0.2) is 13.9 Å². The van der Waals surface area contributed by atoms with Gasteiger partial charge < -0.3 is 45.1 Å². The molecule has 19 nitrogen and oxygen atoms in total. The van der Waals surface area contributed by atoms with Gasteiger partial charge in [0.15, 0.2) is 12.3 Å². The van der Waals surface area contributed by atoms with E-state index in [4.69, 9.17) is 29.0 Å². The Kier molecular flexibility index (Phi) is 36.1. The van der Waals surface area contributed by atoms with Crippen molar-refractivity contribution in [1.29, 1.82) is 0 Å². The molecule has 0 aromatic carbocycles. The number of hydrogen-bond donors (Lipinski definition) is 6. The molecule has 0 aliphatic carbocycles. The Morgan fingerprint density at radius 1 is 0.689 bits per heavy atom. The van der Waals surface area contributed by atoms with Gasteiger partial charge in [-0.2, -0.15) is 9.29 Å². The number of phosphoric acid groups is 2. The Bertz CT molecular complexity index is 1960. The van der Waals surface area contributed by atoms with Gasteiger partial charge in [-0.3, -0.25) is 23.2 Å². The second-order valence-electron chi connectivity index (χ2n) is 19.5. The lowest BCUT2D eigenvalue weighted by molar-refractivity contribution is -0.161. The lowest BCUT2D eigenvalue weighted by Crippen LogP contribution is -2.36. The number of ether oxygens (including phenoxy) is 3. The molecule has 8 atom stereocenters. The number of rotatable bonds is 44. The first-order chi connectivity index (χ1) is 35.4. The van der Waals surface area contributed by atoms with E-state index in [1.54, 1.807) is 6.92 Å². The van der Waals surface area contributed by atoms with Crippen molar-refractivity contribution in [3.8, 4) is 0 Å². The number of phosphoric ester groups is 2. The highest BCUT2D eigenvalue weighted by atomic mass is 31.3. The number of carbonyl (C=O) groups is 2. The molecular weight excluding hydrogens is 997 g/mol. The quantitative estimate of drug-likeness (QED) is 0.0153. The molecule has 7 N–H and O–H groups in total. The minimum absolute atomic E-state index is 0.0336. The predicted molar refractivity (Wildman–Crippen MR) is 285 cm³/mol. The highest BCUT2D eigenvalue weighted by molar-refractivity contribution is 7.61. The Morgan fingerprint density at radius 2 is 1.19 bits per heavy atom. The highest BCUT2D eigenvalue weighted by Gasteiger charge is 2.46. The molecule has 0 amide bonds. The number of unbranched alkanes of at least 4 members (excludes halogenated alkanes) is 16. The van der Waals surface area contributed by atoms with Gasteiger partial charge in [0.2, 0.25) is 0 Å². The number of anilines is 1. The second-order valence-corrected chi connectivity index (χ2v) is 22.5. The van der Waals surface area contributed by atoms with Gasteiger partial charge in [0, 0.05) is 19.0 Å². The second kappa shape index (κ2) is 40.0. The summed E-state index contributed by atoms with van der Waals surface area (Å²) in [7, 11) is -10.9. The number of nitrogen functional groups attached to an aromatic ring is 1. The molecule has 74 heavy (non-hydrogen) atoms. The smallest absolute Gasteiger partial charge is 0.462 e. The zero-order valence-corrected chi connectivity index (χ0v) is 46.2. The molecular formula is C53H91N3O16P2. The van der Waals surface area contributed by atoms with Gasteiger partial charge in [0.1, 0.15) is 30.7 Å². The molecule has 1 aromatic rings. The van der Waals surface area contributed by atoms with Crippen LogP contribution in [0.15, 0.2) is 65.7 Å². The SMILES string of the molecule is CC(C)CCCCCCCCCCCCCCCCCC(=O)O[C@H](COC(=O)CCC/C=C\C/C=C\C/C=C\C/C=C\CCC[C@@H](C)O)COP(=O)(O)OP(=O)(O)OC[C@H]1O[C@@H](n2ccc(N)nc2=O)[C@H](O)[C@@H]1O. The van der Waals surface area contributed by atoms with Crippen LogP contribution in [-0.4, -0.2) is 96.9 Å². The average molecular weight is 1090 g/mol. The first-order valence-corrected chi connectivity index (χ1v) is 30.0. The number of nitrogens with zero attached hydrogens (tertiary/aromatic N) is 2. The largest absolute Gasteiger partial charge is 0.481 e. The van der Waals surface area contributed by atoms with Crippen LogP contribution in [0.1, 0.15) is 194 Å². The third-order valence-corrected chi connectivity index (χ3v) is 14.7. The zero-order chi connectivity index (χ0) is 54.5. The molecule has 2 unspecified atom stereocenters. The molecule has 1 aliphatic heterocycles. The van der Waals surface area contributed by atoms with Gasteiger partial charge in [0.25, 0.3) is 0 Å². The highest BCUT2D eigenvalue weighted by Crippen LogP contribution is 2.60. The topological polar surface area (TPSA) is 286 Å². The molecule has 0 bridgehead atoms. The van der Waals surface area contributed by atoms with Gasteiger partial charge in [-0.1, -0.05) is 159 Å². The summed E-state index contributed by atoms with van der Waals surface area (Å²) in [5.74, 6) is -0.582. The number of aromatic nitrogens is 2. The Balaban J connectivity index is 1.80. The minimum Gasteiger partial charge on any atom is -0.462 e. The van der Waals surface area contributed by atoms with Crippen LogP contribution in [0.2, 0.25) is 0 Å². The van der Waals surface area contributed by atoms with E-state index >= 15 is 0 Å². The van der Waals surface area contributed by atoms with E-state index < -0.39 is 83.7 Å². The van der Waals surface area contributed by atoms with Crippen LogP contribution in [0.4, 0.5) is 5.82 Å². The van der Waals surface area contributed by atoms with Crippen molar-refractivity contribution in [2.24, 2.45) is 5.92 Å². The number of nitrogens with two attached hydrogens (primary N) is 1. The number of hydrogen-bond acceptors (Lipinski definition) is 16. The van der Waals surface area contributed by atoms with Crippen molar-refractivity contribution in [2.75, 3.05) is 25.6 Å². The molecule has 2 rings (SSSR count). The molecule has 21 heteroatoms. The van der Waals surface area contributed by atoms with Crippen molar-refractivity contribution in [3.63, 3.8) is 0 Å². The van der Waals surface area contributed by atoms with E-state index in [-0.39, 0.29) is 24.8 Å². The lowest BCUT2D eigenvalue weighted by atomic mass is 10.0. The molecule has 424 valence electrons. The standard InChI is InChI=1S/C53H91N3O16P2/c1-43(2)34-30-26-22-18-14-10-6-4-9-13-17-21-25-29-33-37-49(59)70-45(40-67-48(58)36-32-28-24-20-16-12-8-5-7-11-15-19-23-27-31-35-44(3)57)41-68-73(63,64)72-74(65,66)69-42-46-50(60)51(61)52(71-46)56-39-38-47(54)55-53(56)62/h7-8,11-12,19-20,23-24,38-39,43-46,50-52,57,60-61H,4-6,9-10,13-18,21-22,25-37,40-42H2,1-3H3,(H,63,64)(H,65,66)(H2,54,55,62)/b11-7-,12-8-,23-19-,24-20-/t44-,45-,46-,50-,51-,52-/m1/s1. The Hall–Kier alpha value is -3.32. The fourth-order valence-corrected chi connectivity index (χ4v) is 10.0. The lowest BCUT2D eigenvalue weighted by Gasteiger charge is -2.21. The predicted octanol–water partition coefficient (Wildman–Crippen LogP) is 10.6. The first kappa shape index (κ1) is 66.8. The maximum atomic E-state index is 12.9. The van der Waals surface area contributed by atoms with Crippen LogP contribution in [-0.2, 0) is 46.3 Å². The van der Waals surface area contributed by atoms with Crippen molar-refractivity contribution in [1.82, 2.24) is 9.55 Å². The van der Waals surface area contributed by atoms with Crippen LogP contribution in [0, 0.1) is 5.92 Å². The van der Waals surface area contributed by atoms with Crippen molar-refractivity contribution in [2.45, 2.75) is 224 Å². The van der Waals surface area contributed by atoms with E-state index in [9.17, 15) is 48.6 Å². The Labute approximate surface area is 440 Å². The van der Waals surface area contributed by atoms with E-state index in [0.29, 0.717) is 19.3 Å². The van der Waals surface area contributed by atoms with Gasteiger partial charge >= 0.3 is 33.3 Å². The van der Waals surface area contributed by atoms with Crippen molar-refractivity contribution >= 4 is 33.4 Å². The van der Waals surface area contributed by atoms with E-state index in [1.807, 2.05) is 12.2 Å². The summed E-state index contributed by atoms with van der Waals surface area (Å²) in [4.78, 5) is 62.0. The van der Waals surface area contributed by atoms with Gasteiger partial charge in [0.05, 0.1) is 19.3 Å². The van der Waals surface area contributed by atoms with E-state index in [0.717, 1.165) is 80.9 Å². The number of aliphatic hydroxyl groups is 3. The van der Waals surface area contributed by atoms with Crippen LogP contribution < -0.4 is 11.4 Å². The Morgan fingerprint density at radius 3 is 1.73 bits per heavy atom. The molecule has 0 spiro atoms. The van der Waals surface area contributed by atoms with Gasteiger partial charge in [-0.05, 0) is 76.7 Å². The van der Waals surface area contributed by atoms with Crippen LogP contribution in [0.3, 0.4) is 0 Å². The summed E-state index contributed by atoms with van der Waals surface area (Å²) < 4.78 is 56.8. The molecule has 0 radical (unpaired) electrons. The molecule has 1 aromatic heterocycles. The van der Waals surface area contributed by atoms with Crippen LogP contribution >= 0.6 is 15.6 Å². The fourth-order valence-electron chi connectivity index (χ4n) is 7.92. The monoisotopic (exact) mass is 1090 g/mol. The molecule has 2 heterocycles. The summed E-state index contributed by atoms with van der Waals surface area (Å²) in [6, 6.07) is 1.24. The molecule has 1 aliphatic rings. The number of esters is 2. The third-order valence-electron chi connectivity index (χ3n) is 12.1. The molecule has 0 saturated carbocycles. The maximum absolute atomic E-state index is 12.9. The van der Waals surface area contributed by atoms with Gasteiger partial charge in [-0.15, -0.1) is 0 Å². The van der Waals surface area contributed by atoms with E-state index in [1.165, 1.54) is 76.7 Å². The zero-order valence-electron chi connectivity index (χ0n) is 44.4. The number of carbonyl (C=O) groups excluding carboxylic acids is 2. The molecule has 1 saturated heterocycles. The summed E-state index contributed by atoms with van der Waals surface area (Å²) in [6.45, 7) is 3.99. The fraction of sp³-hybridized carbons (Fsp3) is 0.736. The number of aliphatic hydroxyl groups excluding tert-OH is 3. The minimum atomic E-state index is -5.44. The summed E-state index contributed by atoms with van der Waals surface area (Å²) in [5, 5.41) is 30.2. The van der Waals surface area contributed by atoms with Crippen LogP contribution in [0.5, 0.6) is 0 Å². The number of allylic oxidation sites excluding steroid dienone is 8. The summed E-state index contributed by atoms with van der Waals surface area (Å²) in [6.07, 6.45) is 34.7. The summed E-state index contributed by atoms with van der Waals surface area (Å²) >= 11 is 0. The first-order valence-electron chi connectivity index (χ1n) is 27.0. The third kappa shape index (κ3) is 33.7. The van der Waals surface area contributed by atoms with E-state index in [2.05, 4.69) is 59.6 Å². The van der Waals surface area contributed by atoms with Crippen molar-refractivity contribution in [3.05, 3.63) is 71.4 Å². The normalized spacial score (nSPS) is 19.7. The van der Waals surface area contributed by atoms with Crippen LogP contribution in [0.25, 0.3) is 0 Å². The summed E-state index contributed by atoms with van der Waals surface area (Å²) in [5.41, 5.74) is 4.59.